The lowest BCUT2D eigenvalue weighted by atomic mass is 10.0. The second-order valence-electron chi connectivity index (χ2n) is 6.87. The van der Waals surface area contributed by atoms with Crippen LogP contribution in [0.3, 0.4) is 0 Å². The number of hydrogen-bond donors (Lipinski definition) is 3. The van der Waals surface area contributed by atoms with E-state index in [1.54, 1.807) is 42.5 Å². The number of rotatable bonds is 8. The van der Waals surface area contributed by atoms with E-state index in [2.05, 4.69) is 5.32 Å². The Labute approximate surface area is 172 Å². The van der Waals surface area contributed by atoms with Gasteiger partial charge < -0.3 is 14.9 Å². The smallest absolute Gasteiger partial charge is 0.393 e. The van der Waals surface area contributed by atoms with Crippen LogP contribution in [0.25, 0.3) is 0 Å². The highest BCUT2D eigenvalue weighted by atomic mass is 28.4. The first-order valence-electron chi connectivity index (χ1n) is 9.65. The summed E-state index contributed by atoms with van der Waals surface area (Å²) in [6.45, 7) is 0. The van der Waals surface area contributed by atoms with Crippen LogP contribution in [0.15, 0.2) is 103 Å². The van der Waals surface area contributed by atoms with Gasteiger partial charge in [0.2, 0.25) is 0 Å². The highest BCUT2D eigenvalue weighted by molar-refractivity contribution is 6.83. The molecule has 0 aliphatic carbocycles. The zero-order chi connectivity index (χ0) is 20.5. The fraction of sp³-hybridized carbons (Fsp3) is 0.125. The maximum atomic E-state index is 12.6. The molecule has 4 nitrogen and oxygen atoms in total. The Bertz CT molecular complexity index is 928. The largest absolute Gasteiger partial charge is 0.404 e. The SMILES string of the molecule is O=C(NC(CCC=C[Si](O)(O)c1ccccc1)c1ccccc1)c1ccccc1. The number of benzene rings is 3. The molecule has 1 amide bonds. The van der Waals surface area contributed by atoms with Gasteiger partial charge in [0.05, 0.1) is 6.04 Å². The van der Waals surface area contributed by atoms with Crippen molar-refractivity contribution in [2.24, 2.45) is 0 Å². The van der Waals surface area contributed by atoms with Gasteiger partial charge >= 0.3 is 8.56 Å². The number of carbonyl (C=O) groups excluding carboxylic acids is 1. The lowest BCUT2D eigenvalue weighted by Crippen LogP contribution is -2.46. The van der Waals surface area contributed by atoms with E-state index in [9.17, 15) is 14.4 Å². The molecule has 0 radical (unpaired) electrons. The fourth-order valence-electron chi connectivity index (χ4n) is 3.13. The van der Waals surface area contributed by atoms with Crippen molar-refractivity contribution in [3.8, 4) is 0 Å². The van der Waals surface area contributed by atoms with Crippen LogP contribution in [-0.4, -0.2) is 24.1 Å². The maximum absolute atomic E-state index is 12.6. The molecule has 5 heteroatoms. The van der Waals surface area contributed by atoms with E-state index in [1.807, 2.05) is 54.6 Å². The molecule has 0 aromatic heterocycles. The summed E-state index contributed by atoms with van der Waals surface area (Å²) in [4.78, 5) is 33.4. The average Bonchev–Trinajstić information content (AvgIpc) is 2.77. The van der Waals surface area contributed by atoms with E-state index in [4.69, 9.17) is 0 Å². The van der Waals surface area contributed by atoms with E-state index >= 15 is 0 Å². The topological polar surface area (TPSA) is 69.6 Å². The Morgan fingerprint density at radius 3 is 2.03 bits per heavy atom. The number of allylic oxidation sites excluding steroid dienone is 1. The molecule has 3 aromatic rings. The van der Waals surface area contributed by atoms with Crippen LogP contribution in [0.4, 0.5) is 0 Å². The summed E-state index contributed by atoms with van der Waals surface area (Å²) in [6.07, 6.45) is 3.06. The van der Waals surface area contributed by atoms with E-state index in [1.165, 1.54) is 5.70 Å². The van der Waals surface area contributed by atoms with Crippen molar-refractivity contribution in [1.29, 1.82) is 0 Å². The van der Waals surface area contributed by atoms with Gasteiger partial charge in [-0.1, -0.05) is 84.9 Å². The Balaban J connectivity index is 1.67. The minimum absolute atomic E-state index is 0.124. The lowest BCUT2D eigenvalue weighted by Gasteiger charge is -2.19. The van der Waals surface area contributed by atoms with Crippen molar-refractivity contribution in [2.75, 3.05) is 0 Å². The molecular formula is C24H25NO3Si. The molecule has 0 heterocycles. The van der Waals surface area contributed by atoms with Crippen LogP contribution < -0.4 is 10.5 Å². The molecule has 0 fully saturated rings. The van der Waals surface area contributed by atoms with Crippen molar-refractivity contribution >= 4 is 19.7 Å². The Morgan fingerprint density at radius 1 is 0.862 bits per heavy atom. The van der Waals surface area contributed by atoms with Gasteiger partial charge in [-0.15, -0.1) is 0 Å². The van der Waals surface area contributed by atoms with Crippen LogP contribution in [-0.2, 0) is 0 Å². The molecule has 0 spiro atoms. The lowest BCUT2D eigenvalue weighted by molar-refractivity contribution is 0.0934. The summed E-state index contributed by atoms with van der Waals surface area (Å²) in [6, 6.07) is 27.7. The van der Waals surface area contributed by atoms with Gasteiger partial charge in [0, 0.05) is 5.56 Å². The predicted molar refractivity (Wildman–Crippen MR) is 118 cm³/mol. The summed E-state index contributed by atoms with van der Waals surface area (Å²) in [7, 11) is -3.58. The molecule has 0 bridgehead atoms. The molecule has 0 saturated heterocycles. The molecule has 1 unspecified atom stereocenters. The van der Waals surface area contributed by atoms with Crippen molar-refractivity contribution in [3.63, 3.8) is 0 Å². The average molecular weight is 404 g/mol. The third-order valence-corrected chi connectivity index (χ3v) is 6.60. The van der Waals surface area contributed by atoms with Gasteiger partial charge in [0.15, 0.2) is 0 Å². The highest BCUT2D eigenvalue weighted by Crippen LogP contribution is 2.19. The van der Waals surface area contributed by atoms with Crippen LogP contribution >= 0.6 is 0 Å². The third kappa shape index (κ3) is 5.99. The Morgan fingerprint density at radius 2 is 1.41 bits per heavy atom. The molecule has 0 aliphatic rings. The zero-order valence-corrected chi connectivity index (χ0v) is 17.1. The molecule has 0 aliphatic heterocycles. The normalized spacial score (nSPS) is 12.6. The summed E-state index contributed by atoms with van der Waals surface area (Å²) in [5.74, 6) is -0.124. The zero-order valence-electron chi connectivity index (χ0n) is 16.1. The summed E-state index contributed by atoms with van der Waals surface area (Å²) in [5.41, 5.74) is 3.15. The molecule has 3 aromatic carbocycles. The van der Waals surface area contributed by atoms with Gasteiger partial charge in [0.25, 0.3) is 5.91 Å². The quantitative estimate of drug-likeness (QED) is 0.505. The van der Waals surface area contributed by atoms with Gasteiger partial charge in [-0.2, -0.15) is 0 Å². The van der Waals surface area contributed by atoms with Crippen LogP contribution in [0.5, 0.6) is 0 Å². The number of carbonyl (C=O) groups is 1. The Kier molecular flexibility index (Phi) is 7.13. The van der Waals surface area contributed by atoms with Crippen molar-refractivity contribution in [3.05, 3.63) is 114 Å². The first-order valence-corrected chi connectivity index (χ1v) is 11.6. The molecule has 3 rings (SSSR count). The standard InChI is InChI=1S/C24H25NO3Si/c26-24(21-14-6-2-7-15-21)25-23(20-12-4-1-5-13-20)18-10-11-19-29(27,28)22-16-8-3-9-17-22/h1-9,11-17,19,23,27-28H,10,18H2,(H,25,26). The minimum atomic E-state index is -3.58. The van der Waals surface area contributed by atoms with Gasteiger partial charge in [-0.3, -0.25) is 4.79 Å². The number of hydrogen-bond acceptors (Lipinski definition) is 3. The molecule has 148 valence electrons. The molecule has 0 saturated carbocycles. The van der Waals surface area contributed by atoms with Crippen molar-refractivity contribution in [1.82, 2.24) is 5.32 Å². The second-order valence-corrected chi connectivity index (χ2v) is 9.24. The fourth-order valence-corrected chi connectivity index (χ4v) is 4.50. The van der Waals surface area contributed by atoms with E-state index in [-0.39, 0.29) is 11.9 Å². The predicted octanol–water partition coefficient (Wildman–Crippen LogP) is 3.37. The number of amides is 1. The van der Waals surface area contributed by atoms with Crippen LogP contribution in [0.1, 0.15) is 34.8 Å². The first kappa shape index (κ1) is 20.7. The van der Waals surface area contributed by atoms with E-state index in [0.717, 1.165) is 5.56 Å². The first-order chi connectivity index (χ1) is 14.1. The third-order valence-electron chi connectivity index (χ3n) is 4.71. The molecule has 29 heavy (non-hydrogen) atoms. The van der Waals surface area contributed by atoms with Crippen LogP contribution in [0.2, 0.25) is 0 Å². The maximum Gasteiger partial charge on any atom is 0.393 e. The van der Waals surface area contributed by atoms with E-state index in [0.29, 0.717) is 23.6 Å². The minimum Gasteiger partial charge on any atom is -0.404 e. The Hall–Kier alpha value is -2.99. The summed E-state index contributed by atoms with van der Waals surface area (Å²) >= 11 is 0. The van der Waals surface area contributed by atoms with Crippen LogP contribution in [0, 0.1) is 0 Å². The molecule has 3 N–H and O–H groups in total. The van der Waals surface area contributed by atoms with Gasteiger partial charge in [-0.05, 0) is 41.4 Å². The van der Waals surface area contributed by atoms with E-state index < -0.39 is 8.56 Å². The van der Waals surface area contributed by atoms with Crippen molar-refractivity contribution in [2.45, 2.75) is 18.9 Å². The monoisotopic (exact) mass is 403 g/mol. The molecular weight excluding hydrogens is 378 g/mol. The second kappa shape index (κ2) is 9.98. The summed E-state index contributed by atoms with van der Waals surface area (Å²) in [5, 5.41) is 3.64. The summed E-state index contributed by atoms with van der Waals surface area (Å²) < 4.78 is 0. The van der Waals surface area contributed by atoms with Crippen molar-refractivity contribution < 1.29 is 14.4 Å². The van der Waals surface area contributed by atoms with Gasteiger partial charge in [0.1, 0.15) is 0 Å². The highest BCUT2D eigenvalue weighted by Gasteiger charge is 2.28. The number of nitrogens with one attached hydrogen (secondary N) is 1. The molecule has 1 atom stereocenters. The van der Waals surface area contributed by atoms with Gasteiger partial charge in [-0.25, -0.2) is 0 Å².